The van der Waals surface area contributed by atoms with Gasteiger partial charge in [0.05, 0.1) is 23.9 Å². The molecular weight excluding hydrogens is 386 g/mol. The smallest absolute Gasteiger partial charge is 0.349 e. The number of esters is 1. The molecule has 0 saturated carbocycles. The van der Waals surface area contributed by atoms with E-state index in [0.29, 0.717) is 28.3 Å². The van der Waals surface area contributed by atoms with Crippen molar-refractivity contribution in [2.45, 2.75) is 0 Å². The molecule has 0 N–H and O–H groups in total. The number of nitrogens with zero attached hydrogens (tertiary/aromatic N) is 1. The average Bonchev–Trinajstić information content (AvgIpc) is 3.03. The third kappa shape index (κ3) is 3.60. The van der Waals surface area contributed by atoms with Crippen LogP contribution in [-0.4, -0.2) is 31.5 Å². The van der Waals surface area contributed by atoms with Gasteiger partial charge in [-0.25, -0.2) is 9.69 Å². The largest absolute Gasteiger partial charge is 0.493 e. The van der Waals surface area contributed by atoms with Crippen molar-refractivity contribution in [3.05, 3.63) is 83.9 Å². The first kappa shape index (κ1) is 19.2. The molecular formula is C23H17NO6. The zero-order valence-electron chi connectivity index (χ0n) is 16.0. The lowest BCUT2D eigenvalue weighted by molar-refractivity contribution is -0.136. The Hall–Kier alpha value is -4.13. The lowest BCUT2D eigenvalue weighted by Crippen LogP contribution is -2.29. The van der Waals surface area contributed by atoms with Gasteiger partial charge in [-0.1, -0.05) is 24.3 Å². The molecule has 0 fully saturated rings. The number of methoxy groups -OCH3 is 1. The highest BCUT2D eigenvalue weighted by Gasteiger charge is 2.36. The number of anilines is 1. The third-order valence-electron chi connectivity index (χ3n) is 4.54. The number of fused-ring (bicyclic) bond motifs is 1. The zero-order chi connectivity index (χ0) is 21.1. The highest BCUT2D eigenvalue weighted by Crippen LogP contribution is 2.29. The minimum atomic E-state index is -0.602. The maximum atomic E-state index is 12.5. The summed E-state index contributed by atoms with van der Waals surface area (Å²) < 4.78 is 15.8. The second-order valence-electron chi connectivity index (χ2n) is 6.40. The monoisotopic (exact) mass is 403 g/mol. The van der Waals surface area contributed by atoms with Crippen LogP contribution in [-0.2, 0) is 4.79 Å². The average molecular weight is 403 g/mol. The summed E-state index contributed by atoms with van der Waals surface area (Å²) in [6, 6.07) is 19.7. The summed E-state index contributed by atoms with van der Waals surface area (Å²) in [7, 11) is 1.51. The fraction of sp³-hybridized carbons (Fsp3) is 0.0870. The third-order valence-corrected chi connectivity index (χ3v) is 4.54. The van der Waals surface area contributed by atoms with E-state index in [9.17, 15) is 14.4 Å². The number of hydrogen-bond donors (Lipinski definition) is 0. The fourth-order valence-corrected chi connectivity index (χ4v) is 3.12. The van der Waals surface area contributed by atoms with Crippen molar-refractivity contribution in [1.29, 1.82) is 0 Å². The molecule has 0 aliphatic carbocycles. The van der Waals surface area contributed by atoms with Crippen molar-refractivity contribution in [3.63, 3.8) is 0 Å². The summed E-state index contributed by atoms with van der Waals surface area (Å²) >= 11 is 0. The van der Waals surface area contributed by atoms with E-state index in [1.54, 1.807) is 60.7 Å². The topological polar surface area (TPSA) is 82.1 Å². The van der Waals surface area contributed by atoms with E-state index in [0.717, 1.165) is 4.90 Å². The number of rotatable bonds is 6. The molecule has 0 radical (unpaired) electrons. The number of imide groups is 1. The summed E-state index contributed by atoms with van der Waals surface area (Å²) in [4.78, 5) is 38.2. The van der Waals surface area contributed by atoms with E-state index < -0.39 is 5.97 Å². The van der Waals surface area contributed by atoms with Gasteiger partial charge in [-0.15, -0.1) is 0 Å². The van der Waals surface area contributed by atoms with Crippen molar-refractivity contribution < 1.29 is 28.6 Å². The lowest BCUT2D eigenvalue weighted by Gasteiger charge is -2.14. The van der Waals surface area contributed by atoms with E-state index >= 15 is 0 Å². The van der Waals surface area contributed by atoms with Gasteiger partial charge in [-0.05, 0) is 48.5 Å². The Labute approximate surface area is 172 Å². The van der Waals surface area contributed by atoms with E-state index in [4.69, 9.17) is 14.2 Å². The Morgan fingerprint density at radius 2 is 1.37 bits per heavy atom. The van der Waals surface area contributed by atoms with Crippen LogP contribution < -0.4 is 19.1 Å². The Bertz CT molecular complexity index is 1090. The molecule has 0 atom stereocenters. The number of amides is 2. The number of carbonyl (C=O) groups excluding carboxylic acids is 3. The van der Waals surface area contributed by atoms with E-state index in [-0.39, 0.29) is 24.2 Å². The van der Waals surface area contributed by atoms with Crippen molar-refractivity contribution in [3.8, 4) is 17.2 Å². The Morgan fingerprint density at radius 1 is 0.800 bits per heavy atom. The standard InChI is InChI=1S/C23H17NO6/c1-28-19-8-4-5-9-20(19)29-14-21(25)30-16-12-10-15(11-13-16)24-22(26)17-6-2-3-7-18(17)23(24)27/h2-13H,14H2,1H3. The molecule has 0 bridgehead atoms. The quantitative estimate of drug-likeness (QED) is 0.356. The van der Waals surface area contributed by atoms with Crippen LogP contribution in [0.15, 0.2) is 72.8 Å². The van der Waals surface area contributed by atoms with Gasteiger partial charge < -0.3 is 14.2 Å². The van der Waals surface area contributed by atoms with Gasteiger partial charge >= 0.3 is 5.97 Å². The second-order valence-corrected chi connectivity index (χ2v) is 6.40. The van der Waals surface area contributed by atoms with Gasteiger partial charge in [0.1, 0.15) is 5.75 Å². The molecule has 0 unspecified atom stereocenters. The van der Waals surface area contributed by atoms with E-state index in [1.165, 1.54) is 19.2 Å². The lowest BCUT2D eigenvalue weighted by atomic mass is 10.1. The zero-order valence-corrected chi connectivity index (χ0v) is 16.0. The van der Waals surface area contributed by atoms with Crippen molar-refractivity contribution >= 4 is 23.5 Å². The van der Waals surface area contributed by atoms with Gasteiger partial charge in [-0.2, -0.15) is 0 Å². The number of benzene rings is 3. The van der Waals surface area contributed by atoms with Crippen molar-refractivity contribution in [2.24, 2.45) is 0 Å². The number of ether oxygens (including phenoxy) is 3. The van der Waals surface area contributed by atoms with Crippen LogP contribution in [0.2, 0.25) is 0 Å². The molecule has 1 heterocycles. The van der Waals surface area contributed by atoms with E-state index in [1.807, 2.05) is 0 Å². The van der Waals surface area contributed by atoms with Crippen LogP contribution in [0.25, 0.3) is 0 Å². The molecule has 7 nitrogen and oxygen atoms in total. The van der Waals surface area contributed by atoms with Crippen LogP contribution >= 0.6 is 0 Å². The minimum Gasteiger partial charge on any atom is -0.493 e. The van der Waals surface area contributed by atoms with Gasteiger partial charge in [-0.3, -0.25) is 9.59 Å². The number of hydrogen-bond acceptors (Lipinski definition) is 6. The maximum Gasteiger partial charge on any atom is 0.349 e. The van der Waals surface area contributed by atoms with Crippen molar-refractivity contribution in [2.75, 3.05) is 18.6 Å². The molecule has 1 aliphatic heterocycles. The first-order valence-electron chi connectivity index (χ1n) is 9.13. The molecule has 1 aliphatic rings. The molecule has 3 aromatic carbocycles. The van der Waals surface area contributed by atoms with E-state index in [2.05, 4.69) is 0 Å². The van der Waals surface area contributed by atoms with Crippen LogP contribution in [0.3, 0.4) is 0 Å². The van der Waals surface area contributed by atoms with Gasteiger partial charge in [0.15, 0.2) is 18.1 Å². The van der Waals surface area contributed by atoms with Gasteiger partial charge in [0, 0.05) is 0 Å². The summed E-state index contributed by atoms with van der Waals surface area (Å²) in [5.74, 6) is -0.164. The Kier molecular flexibility index (Phi) is 5.17. The predicted molar refractivity (Wildman–Crippen MR) is 108 cm³/mol. The summed E-state index contributed by atoms with van der Waals surface area (Å²) in [6.45, 7) is -0.305. The summed E-state index contributed by atoms with van der Waals surface area (Å²) in [5.41, 5.74) is 1.13. The molecule has 0 saturated heterocycles. The SMILES string of the molecule is COc1ccccc1OCC(=O)Oc1ccc(N2C(=O)c3ccccc3C2=O)cc1. The molecule has 3 aromatic rings. The molecule has 7 heteroatoms. The Morgan fingerprint density at radius 3 is 1.97 bits per heavy atom. The first-order valence-corrected chi connectivity index (χ1v) is 9.13. The maximum absolute atomic E-state index is 12.5. The number of para-hydroxylation sites is 2. The molecule has 0 aromatic heterocycles. The van der Waals surface area contributed by atoms with Crippen molar-refractivity contribution in [1.82, 2.24) is 0 Å². The molecule has 30 heavy (non-hydrogen) atoms. The van der Waals surface area contributed by atoms with Crippen LogP contribution in [0.5, 0.6) is 17.2 Å². The normalized spacial score (nSPS) is 12.5. The predicted octanol–water partition coefficient (Wildman–Crippen LogP) is 3.48. The fourth-order valence-electron chi connectivity index (χ4n) is 3.12. The highest BCUT2D eigenvalue weighted by atomic mass is 16.6. The van der Waals surface area contributed by atoms with Crippen LogP contribution in [0.1, 0.15) is 20.7 Å². The number of carbonyl (C=O) groups is 3. The second kappa shape index (κ2) is 8.08. The summed E-state index contributed by atoms with van der Waals surface area (Å²) in [6.07, 6.45) is 0. The molecule has 150 valence electrons. The van der Waals surface area contributed by atoms with Crippen LogP contribution in [0.4, 0.5) is 5.69 Å². The Balaban J connectivity index is 1.40. The summed E-state index contributed by atoms with van der Waals surface area (Å²) in [5, 5.41) is 0. The highest BCUT2D eigenvalue weighted by molar-refractivity contribution is 6.34. The molecule has 4 rings (SSSR count). The molecule has 0 spiro atoms. The van der Waals surface area contributed by atoms with Crippen LogP contribution in [0, 0.1) is 0 Å². The molecule has 2 amide bonds. The first-order chi connectivity index (χ1) is 14.6. The van der Waals surface area contributed by atoms with Gasteiger partial charge in [0.25, 0.3) is 11.8 Å². The minimum absolute atomic E-state index is 0.268. The van der Waals surface area contributed by atoms with Gasteiger partial charge in [0.2, 0.25) is 0 Å².